The number of Topliss-reactive ketones (excluding diaryl/α,β-unsaturated/α-hetero) is 1. The van der Waals surface area contributed by atoms with E-state index in [4.69, 9.17) is 0 Å². The quantitative estimate of drug-likeness (QED) is 0.500. The fraction of sp³-hybridized carbons (Fsp3) is 0.333. The van der Waals surface area contributed by atoms with Gasteiger partial charge in [-0.15, -0.1) is 0 Å². The molecule has 0 unspecified atom stereocenters. The van der Waals surface area contributed by atoms with Crippen LogP contribution in [0.2, 0.25) is 0 Å². The first kappa shape index (κ1) is 22.2. The molecule has 0 spiro atoms. The van der Waals surface area contributed by atoms with E-state index in [1.54, 1.807) is 55.5 Å². The van der Waals surface area contributed by atoms with Gasteiger partial charge in [0.2, 0.25) is 0 Å². The van der Waals surface area contributed by atoms with Gasteiger partial charge in [-0.1, -0.05) is 32.0 Å². The number of hydrogen-bond acceptors (Lipinski definition) is 4. The van der Waals surface area contributed by atoms with Crippen molar-refractivity contribution < 1.29 is 19.2 Å². The highest BCUT2D eigenvalue weighted by Crippen LogP contribution is 2.25. The van der Waals surface area contributed by atoms with Crippen LogP contribution >= 0.6 is 0 Å². The van der Waals surface area contributed by atoms with E-state index < -0.39 is 11.6 Å². The van der Waals surface area contributed by atoms with Crippen molar-refractivity contribution in [3.05, 3.63) is 65.7 Å². The number of amides is 4. The highest BCUT2D eigenvalue weighted by atomic mass is 16.2. The van der Waals surface area contributed by atoms with Gasteiger partial charge in [0.25, 0.3) is 11.8 Å². The van der Waals surface area contributed by atoms with Crippen molar-refractivity contribution in [2.75, 3.05) is 11.9 Å². The molecule has 0 aromatic heterocycles. The highest BCUT2D eigenvalue weighted by molar-refractivity contribution is 6.11. The lowest BCUT2D eigenvalue weighted by atomic mass is 9.92. The van der Waals surface area contributed by atoms with E-state index in [2.05, 4.69) is 24.5 Å². The number of nitrogens with one attached hydrogen (secondary N) is 2. The van der Waals surface area contributed by atoms with E-state index in [0.29, 0.717) is 29.2 Å². The van der Waals surface area contributed by atoms with Gasteiger partial charge in [0.1, 0.15) is 5.54 Å². The van der Waals surface area contributed by atoms with Gasteiger partial charge >= 0.3 is 6.03 Å². The van der Waals surface area contributed by atoms with Gasteiger partial charge in [-0.25, -0.2) is 4.79 Å². The number of nitrogens with zero attached hydrogens (tertiary/aromatic N) is 1. The Morgan fingerprint density at radius 3 is 2.26 bits per heavy atom. The molecule has 2 aromatic carbocycles. The molecule has 31 heavy (non-hydrogen) atoms. The van der Waals surface area contributed by atoms with E-state index in [1.807, 2.05) is 6.07 Å². The number of hydrogen-bond donors (Lipinski definition) is 2. The maximum absolute atomic E-state index is 12.8. The summed E-state index contributed by atoms with van der Waals surface area (Å²) in [6.45, 7) is 5.48. The van der Waals surface area contributed by atoms with Crippen LogP contribution in [0.1, 0.15) is 54.3 Å². The van der Waals surface area contributed by atoms with Crippen LogP contribution in [-0.4, -0.2) is 40.6 Å². The smallest absolute Gasteiger partial charge is 0.323 e. The minimum absolute atomic E-state index is 0.250. The summed E-state index contributed by atoms with van der Waals surface area (Å²) in [5.41, 5.74) is 0.449. The third kappa shape index (κ3) is 5.17. The molecule has 7 nitrogen and oxygen atoms in total. The molecule has 0 aliphatic carbocycles. The third-order valence-electron chi connectivity index (χ3n) is 5.37. The summed E-state index contributed by atoms with van der Waals surface area (Å²) in [5, 5.41) is 5.49. The van der Waals surface area contributed by atoms with Crippen LogP contribution < -0.4 is 10.6 Å². The average molecular weight is 421 g/mol. The maximum atomic E-state index is 12.8. The number of carbonyl (C=O) groups is 4. The first-order valence-electron chi connectivity index (χ1n) is 10.3. The minimum atomic E-state index is -0.979. The number of benzene rings is 2. The summed E-state index contributed by atoms with van der Waals surface area (Å²) in [6, 6.07) is 14.6. The maximum Gasteiger partial charge on any atom is 0.325 e. The van der Waals surface area contributed by atoms with Gasteiger partial charge < -0.3 is 10.6 Å². The molecule has 4 amide bonds. The standard InChI is InChI=1S/C24H27N3O4/c1-16(2)13-14-24(3)22(30)27(23(31)26-24)15-20(28)17-9-11-19(12-10-17)25-21(29)18-7-5-4-6-8-18/h4-12,16H,13-15H2,1-3H3,(H,25,29)(H,26,31)/t24-/m0/s1. The Balaban J connectivity index is 1.62. The molecule has 1 heterocycles. The van der Waals surface area contributed by atoms with E-state index in [1.165, 1.54) is 0 Å². The minimum Gasteiger partial charge on any atom is -0.323 e. The molecule has 1 aliphatic rings. The van der Waals surface area contributed by atoms with E-state index >= 15 is 0 Å². The average Bonchev–Trinajstić information content (AvgIpc) is 2.96. The molecule has 1 aliphatic heterocycles. The van der Waals surface area contributed by atoms with Gasteiger partial charge in [-0.3, -0.25) is 19.3 Å². The highest BCUT2D eigenvalue weighted by Gasteiger charge is 2.47. The van der Waals surface area contributed by atoms with Gasteiger partial charge in [0, 0.05) is 16.8 Å². The van der Waals surface area contributed by atoms with Gasteiger partial charge in [0.05, 0.1) is 6.54 Å². The summed E-state index contributed by atoms with van der Waals surface area (Å²) in [5.74, 6) is -0.575. The first-order valence-corrected chi connectivity index (χ1v) is 10.3. The largest absolute Gasteiger partial charge is 0.325 e. The zero-order chi connectivity index (χ0) is 22.6. The fourth-order valence-corrected chi connectivity index (χ4v) is 3.40. The van der Waals surface area contributed by atoms with Crippen LogP contribution in [0.25, 0.3) is 0 Å². The monoisotopic (exact) mass is 421 g/mol. The molecular weight excluding hydrogens is 394 g/mol. The van der Waals surface area contributed by atoms with Crippen LogP contribution in [-0.2, 0) is 4.79 Å². The number of urea groups is 1. The van der Waals surface area contributed by atoms with E-state index in [9.17, 15) is 19.2 Å². The van der Waals surface area contributed by atoms with Gasteiger partial charge in [0.15, 0.2) is 5.78 Å². The summed E-state index contributed by atoms with van der Waals surface area (Å²) in [4.78, 5) is 51.0. The molecule has 7 heteroatoms. The van der Waals surface area contributed by atoms with Crippen molar-refractivity contribution in [3.8, 4) is 0 Å². The Bertz CT molecular complexity index is 986. The molecule has 0 bridgehead atoms. The van der Waals surface area contributed by atoms with Crippen LogP contribution in [0.5, 0.6) is 0 Å². The number of rotatable bonds is 8. The topological polar surface area (TPSA) is 95.6 Å². The van der Waals surface area contributed by atoms with Gasteiger partial charge in [-0.05, 0) is 62.1 Å². The van der Waals surface area contributed by atoms with Crippen molar-refractivity contribution >= 4 is 29.3 Å². The lowest BCUT2D eigenvalue weighted by Gasteiger charge is -2.22. The van der Waals surface area contributed by atoms with Crippen LogP contribution in [0, 0.1) is 5.92 Å². The zero-order valence-electron chi connectivity index (χ0n) is 18.0. The fourth-order valence-electron chi connectivity index (χ4n) is 3.40. The van der Waals surface area contributed by atoms with Crippen LogP contribution in [0.3, 0.4) is 0 Å². The van der Waals surface area contributed by atoms with Crippen LogP contribution in [0.4, 0.5) is 10.5 Å². The Hall–Kier alpha value is -3.48. The molecule has 162 valence electrons. The Labute approximate surface area is 181 Å². The van der Waals surface area contributed by atoms with E-state index in [0.717, 1.165) is 11.3 Å². The number of ketones is 1. The van der Waals surface area contributed by atoms with Crippen molar-refractivity contribution in [1.29, 1.82) is 0 Å². The molecule has 2 aromatic rings. The molecule has 1 atom stereocenters. The first-order chi connectivity index (χ1) is 14.7. The zero-order valence-corrected chi connectivity index (χ0v) is 18.0. The second kappa shape index (κ2) is 9.12. The second-order valence-electron chi connectivity index (χ2n) is 8.41. The Morgan fingerprint density at radius 1 is 1.00 bits per heavy atom. The Kier molecular flexibility index (Phi) is 6.53. The lowest BCUT2D eigenvalue weighted by Crippen LogP contribution is -2.44. The van der Waals surface area contributed by atoms with Crippen molar-refractivity contribution in [2.24, 2.45) is 5.92 Å². The van der Waals surface area contributed by atoms with E-state index in [-0.39, 0.29) is 24.1 Å². The SMILES string of the molecule is CC(C)CC[C@]1(C)NC(=O)N(CC(=O)c2ccc(NC(=O)c3ccccc3)cc2)C1=O. The summed E-state index contributed by atoms with van der Waals surface area (Å²) < 4.78 is 0. The molecular formula is C24H27N3O4. The molecule has 0 radical (unpaired) electrons. The number of anilines is 1. The summed E-state index contributed by atoms with van der Waals surface area (Å²) in [6.07, 6.45) is 1.32. The molecule has 1 fully saturated rings. The van der Waals surface area contributed by atoms with Crippen molar-refractivity contribution in [2.45, 2.75) is 39.2 Å². The predicted molar refractivity (Wildman–Crippen MR) is 118 cm³/mol. The summed E-state index contributed by atoms with van der Waals surface area (Å²) >= 11 is 0. The number of imide groups is 1. The Morgan fingerprint density at radius 2 is 1.65 bits per heavy atom. The predicted octanol–water partition coefficient (Wildman–Crippen LogP) is 3.87. The van der Waals surface area contributed by atoms with Crippen molar-refractivity contribution in [1.82, 2.24) is 10.2 Å². The van der Waals surface area contributed by atoms with Crippen molar-refractivity contribution in [3.63, 3.8) is 0 Å². The molecule has 0 saturated carbocycles. The number of carbonyl (C=O) groups excluding carboxylic acids is 4. The van der Waals surface area contributed by atoms with Gasteiger partial charge in [-0.2, -0.15) is 0 Å². The third-order valence-corrected chi connectivity index (χ3v) is 5.37. The molecule has 1 saturated heterocycles. The second-order valence-corrected chi connectivity index (χ2v) is 8.41. The van der Waals surface area contributed by atoms with Crippen LogP contribution in [0.15, 0.2) is 54.6 Å². The normalized spacial score (nSPS) is 18.3. The lowest BCUT2D eigenvalue weighted by molar-refractivity contribution is -0.130. The molecule has 2 N–H and O–H groups in total. The summed E-state index contributed by atoms with van der Waals surface area (Å²) in [7, 11) is 0. The molecule has 3 rings (SSSR count).